The highest BCUT2D eigenvalue weighted by atomic mass is 79.9. The lowest BCUT2D eigenvalue weighted by molar-refractivity contribution is -0.123. The highest BCUT2D eigenvalue weighted by molar-refractivity contribution is 9.10. The van der Waals surface area contributed by atoms with Crippen molar-refractivity contribution in [2.75, 3.05) is 12.4 Å². The summed E-state index contributed by atoms with van der Waals surface area (Å²) in [6, 6.07) is 16.5. The van der Waals surface area contributed by atoms with Gasteiger partial charge in [-0.1, -0.05) is 15.9 Å². The standard InChI is InChI=1S/C24H19BrFN3O4/c1-13(23(30)29-19-10-6-16(25)12-18(19)26)33-24(31)15-5-9-20-21(11-15)28-22(27-20)14-3-7-17(32-2)8-4-14/h3-13H,1-2H3,(H,27,28)(H,29,30). The first-order valence-electron chi connectivity index (χ1n) is 9.95. The number of amides is 1. The molecular weight excluding hydrogens is 493 g/mol. The molecule has 2 N–H and O–H groups in total. The molecule has 9 heteroatoms. The lowest BCUT2D eigenvalue weighted by Gasteiger charge is -2.14. The maximum Gasteiger partial charge on any atom is 0.338 e. The quantitative estimate of drug-likeness (QED) is 0.341. The average Bonchev–Trinajstić information content (AvgIpc) is 3.24. The van der Waals surface area contributed by atoms with Crippen LogP contribution in [0.4, 0.5) is 10.1 Å². The fourth-order valence-electron chi connectivity index (χ4n) is 3.13. The highest BCUT2D eigenvalue weighted by Gasteiger charge is 2.21. The number of aromatic nitrogens is 2. The summed E-state index contributed by atoms with van der Waals surface area (Å²) >= 11 is 3.15. The van der Waals surface area contributed by atoms with E-state index in [0.29, 0.717) is 21.3 Å². The number of carbonyl (C=O) groups excluding carboxylic acids is 2. The Hall–Kier alpha value is -3.72. The fourth-order valence-corrected chi connectivity index (χ4v) is 3.46. The van der Waals surface area contributed by atoms with Crippen LogP contribution in [0.2, 0.25) is 0 Å². The topological polar surface area (TPSA) is 93.3 Å². The van der Waals surface area contributed by atoms with Crippen molar-refractivity contribution in [2.24, 2.45) is 0 Å². The lowest BCUT2D eigenvalue weighted by Crippen LogP contribution is -2.30. The minimum atomic E-state index is -1.13. The largest absolute Gasteiger partial charge is 0.497 e. The lowest BCUT2D eigenvalue weighted by atomic mass is 10.2. The van der Waals surface area contributed by atoms with E-state index in [1.165, 1.54) is 19.1 Å². The van der Waals surface area contributed by atoms with Crippen molar-refractivity contribution >= 4 is 44.5 Å². The zero-order valence-electron chi connectivity index (χ0n) is 17.7. The van der Waals surface area contributed by atoms with Gasteiger partial charge in [-0.05, 0) is 67.6 Å². The van der Waals surface area contributed by atoms with Gasteiger partial charge < -0.3 is 19.8 Å². The Bertz CT molecular complexity index is 1340. The molecule has 3 aromatic carbocycles. The van der Waals surface area contributed by atoms with Gasteiger partial charge in [0.15, 0.2) is 6.10 Å². The Morgan fingerprint density at radius 3 is 2.55 bits per heavy atom. The first-order valence-corrected chi connectivity index (χ1v) is 10.7. The third kappa shape index (κ3) is 5.04. The molecule has 1 atom stereocenters. The van der Waals surface area contributed by atoms with Crippen LogP contribution >= 0.6 is 15.9 Å². The number of anilines is 1. The number of methoxy groups -OCH3 is 1. The number of H-pyrrole nitrogens is 1. The summed E-state index contributed by atoms with van der Waals surface area (Å²) in [5.74, 6) is -0.553. The summed E-state index contributed by atoms with van der Waals surface area (Å²) in [6.07, 6.45) is -1.13. The number of esters is 1. The summed E-state index contributed by atoms with van der Waals surface area (Å²) in [5, 5.41) is 2.42. The minimum Gasteiger partial charge on any atom is -0.497 e. The Balaban J connectivity index is 1.46. The zero-order valence-corrected chi connectivity index (χ0v) is 19.3. The summed E-state index contributed by atoms with van der Waals surface area (Å²) in [6.45, 7) is 1.42. The van der Waals surface area contributed by atoms with Gasteiger partial charge in [-0.25, -0.2) is 14.2 Å². The molecule has 168 valence electrons. The van der Waals surface area contributed by atoms with Crippen LogP contribution < -0.4 is 10.1 Å². The van der Waals surface area contributed by atoms with Crippen LogP contribution in [0.15, 0.2) is 65.1 Å². The number of rotatable bonds is 6. The van der Waals surface area contributed by atoms with Crippen LogP contribution in [0.25, 0.3) is 22.4 Å². The number of nitrogens with zero attached hydrogens (tertiary/aromatic N) is 1. The Morgan fingerprint density at radius 2 is 1.85 bits per heavy atom. The molecule has 0 aliphatic carbocycles. The molecule has 7 nitrogen and oxygen atoms in total. The van der Waals surface area contributed by atoms with Crippen molar-refractivity contribution in [2.45, 2.75) is 13.0 Å². The molecule has 1 heterocycles. The molecule has 0 saturated carbocycles. The number of imidazole rings is 1. The second kappa shape index (κ2) is 9.41. The van der Waals surface area contributed by atoms with Gasteiger partial charge in [0.2, 0.25) is 0 Å². The number of halogens is 2. The molecule has 0 fully saturated rings. The molecule has 0 saturated heterocycles. The van der Waals surface area contributed by atoms with E-state index in [0.717, 1.165) is 11.3 Å². The molecule has 0 radical (unpaired) electrons. The molecule has 4 rings (SSSR count). The maximum absolute atomic E-state index is 13.9. The van der Waals surface area contributed by atoms with Crippen molar-refractivity contribution in [1.29, 1.82) is 0 Å². The van der Waals surface area contributed by atoms with E-state index < -0.39 is 23.8 Å². The second-order valence-corrected chi connectivity index (χ2v) is 8.12. The van der Waals surface area contributed by atoms with Crippen LogP contribution in [0.5, 0.6) is 5.75 Å². The Labute approximate surface area is 197 Å². The van der Waals surface area contributed by atoms with Crippen LogP contribution in [0.1, 0.15) is 17.3 Å². The normalized spacial score (nSPS) is 11.8. The maximum atomic E-state index is 13.9. The average molecular weight is 512 g/mol. The van der Waals surface area contributed by atoms with Gasteiger partial charge in [0.05, 0.1) is 29.4 Å². The van der Waals surface area contributed by atoms with Crippen LogP contribution in [0, 0.1) is 5.82 Å². The van der Waals surface area contributed by atoms with Crippen molar-refractivity contribution in [3.8, 4) is 17.1 Å². The first-order chi connectivity index (χ1) is 15.8. The monoisotopic (exact) mass is 511 g/mol. The van der Waals surface area contributed by atoms with E-state index >= 15 is 0 Å². The number of aromatic amines is 1. The summed E-state index contributed by atoms with van der Waals surface area (Å²) in [5.41, 5.74) is 2.43. The highest BCUT2D eigenvalue weighted by Crippen LogP contribution is 2.24. The van der Waals surface area contributed by atoms with Gasteiger partial charge in [-0.3, -0.25) is 4.79 Å². The molecule has 0 aliphatic heterocycles. The predicted octanol–water partition coefficient (Wildman–Crippen LogP) is 5.32. The summed E-state index contributed by atoms with van der Waals surface area (Å²) in [7, 11) is 1.60. The minimum absolute atomic E-state index is 0.00367. The molecule has 33 heavy (non-hydrogen) atoms. The molecule has 0 spiro atoms. The van der Waals surface area contributed by atoms with Crippen molar-refractivity contribution in [3.63, 3.8) is 0 Å². The number of fused-ring (bicyclic) bond motifs is 1. The first kappa shape index (κ1) is 22.5. The van der Waals surface area contributed by atoms with Crippen LogP contribution in [-0.4, -0.2) is 35.1 Å². The second-order valence-electron chi connectivity index (χ2n) is 7.21. The van der Waals surface area contributed by atoms with E-state index in [1.54, 1.807) is 31.4 Å². The summed E-state index contributed by atoms with van der Waals surface area (Å²) < 4.78 is 24.9. The number of ether oxygens (including phenoxy) is 2. The molecule has 4 aromatic rings. The summed E-state index contributed by atoms with van der Waals surface area (Å²) in [4.78, 5) is 32.6. The van der Waals surface area contributed by atoms with Crippen molar-refractivity contribution < 1.29 is 23.5 Å². The van der Waals surface area contributed by atoms with Gasteiger partial charge in [0.25, 0.3) is 5.91 Å². The van der Waals surface area contributed by atoms with Gasteiger partial charge in [0.1, 0.15) is 17.4 Å². The van der Waals surface area contributed by atoms with Crippen molar-refractivity contribution in [3.05, 3.63) is 76.5 Å². The zero-order chi connectivity index (χ0) is 23.5. The van der Waals surface area contributed by atoms with E-state index in [4.69, 9.17) is 9.47 Å². The molecular formula is C24H19BrFN3O4. The smallest absolute Gasteiger partial charge is 0.338 e. The predicted molar refractivity (Wildman–Crippen MR) is 126 cm³/mol. The van der Waals surface area contributed by atoms with E-state index in [1.807, 2.05) is 24.3 Å². The van der Waals surface area contributed by atoms with E-state index in [9.17, 15) is 14.0 Å². The molecule has 0 aliphatic rings. The number of carbonyl (C=O) groups is 2. The molecule has 0 bridgehead atoms. The van der Waals surface area contributed by atoms with Gasteiger partial charge in [-0.15, -0.1) is 0 Å². The number of hydrogen-bond donors (Lipinski definition) is 2. The Kier molecular flexibility index (Phi) is 6.41. The molecule has 1 amide bonds. The Morgan fingerprint density at radius 1 is 1.09 bits per heavy atom. The van der Waals surface area contributed by atoms with E-state index in [-0.39, 0.29) is 11.3 Å². The van der Waals surface area contributed by atoms with Gasteiger partial charge in [0, 0.05) is 10.0 Å². The van der Waals surface area contributed by atoms with Crippen LogP contribution in [0.3, 0.4) is 0 Å². The van der Waals surface area contributed by atoms with Gasteiger partial charge >= 0.3 is 5.97 Å². The van der Waals surface area contributed by atoms with Gasteiger partial charge in [-0.2, -0.15) is 0 Å². The van der Waals surface area contributed by atoms with Crippen LogP contribution in [-0.2, 0) is 9.53 Å². The number of nitrogens with one attached hydrogen (secondary N) is 2. The molecule has 1 aromatic heterocycles. The number of benzene rings is 3. The molecule has 1 unspecified atom stereocenters. The fraction of sp³-hybridized carbons (Fsp3) is 0.125. The third-order valence-corrected chi connectivity index (χ3v) is 5.42. The van der Waals surface area contributed by atoms with E-state index in [2.05, 4.69) is 31.2 Å². The SMILES string of the molecule is COc1ccc(-c2nc3ccc(C(=O)OC(C)C(=O)Nc4ccc(Br)cc4F)cc3[nH]2)cc1. The number of hydrogen-bond acceptors (Lipinski definition) is 5. The third-order valence-electron chi connectivity index (χ3n) is 4.92. The van der Waals surface area contributed by atoms with Crippen molar-refractivity contribution in [1.82, 2.24) is 9.97 Å².